The average molecular weight is 257 g/mol. The van der Waals surface area contributed by atoms with Crippen LogP contribution in [0.15, 0.2) is 0 Å². The molecule has 2 N–H and O–H groups in total. The number of rotatable bonds is 5. The van der Waals surface area contributed by atoms with Crippen LogP contribution in [0, 0.1) is 6.92 Å². The number of aromatic carboxylic acids is 1. The van der Waals surface area contributed by atoms with E-state index in [1.54, 1.807) is 0 Å². The van der Waals surface area contributed by atoms with Crippen LogP contribution in [0.2, 0.25) is 0 Å². The Bertz CT molecular complexity index is 439. The van der Waals surface area contributed by atoms with Gasteiger partial charge in [0.05, 0.1) is 5.56 Å². The fourth-order valence-electron chi connectivity index (χ4n) is 1.61. The maximum atomic E-state index is 11.4. The number of carbonyl (C=O) groups excluding carboxylic acids is 1. The fourth-order valence-corrected chi connectivity index (χ4v) is 2.77. The molecule has 0 fully saturated rings. The zero-order valence-electron chi connectivity index (χ0n) is 9.99. The first-order chi connectivity index (χ1) is 8.01. The molecule has 1 aromatic rings. The molecule has 17 heavy (non-hydrogen) atoms. The van der Waals surface area contributed by atoms with Gasteiger partial charge in [0.15, 0.2) is 0 Å². The van der Waals surface area contributed by atoms with E-state index in [4.69, 9.17) is 5.11 Å². The quantitative estimate of drug-likeness (QED) is 0.844. The van der Waals surface area contributed by atoms with E-state index in [0.717, 1.165) is 10.4 Å². The second-order valence-corrected chi connectivity index (χ2v) is 4.71. The molecule has 0 bridgehead atoms. The van der Waals surface area contributed by atoms with Gasteiger partial charge in [0.2, 0.25) is 0 Å². The summed E-state index contributed by atoms with van der Waals surface area (Å²) in [4.78, 5) is 23.5. The van der Waals surface area contributed by atoms with Crippen molar-refractivity contribution in [3.8, 4) is 0 Å². The van der Waals surface area contributed by atoms with Gasteiger partial charge in [-0.25, -0.2) is 4.79 Å². The van der Waals surface area contributed by atoms with Gasteiger partial charge in [-0.15, -0.1) is 11.3 Å². The molecule has 5 nitrogen and oxygen atoms in total. The molecule has 94 valence electrons. The molecule has 0 spiro atoms. The Morgan fingerprint density at radius 3 is 2.59 bits per heavy atom. The van der Waals surface area contributed by atoms with Crippen molar-refractivity contribution < 1.29 is 19.4 Å². The number of methoxy groups -OCH3 is 1. The third-order valence-electron chi connectivity index (χ3n) is 2.30. The zero-order chi connectivity index (χ0) is 13.0. The lowest BCUT2D eigenvalue weighted by atomic mass is 10.1. The minimum absolute atomic E-state index is 0.0858. The summed E-state index contributed by atoms with van der Waals surface area (Å²) in [5.74, 6) is -1.36. The molecular weight excluding hydrogens is 242 g/mol. The molecule has 0 atom stereocenters. The van der Waals surface area contributed by atoms with Crippen molar-refractivity contribution >= 4 is 28.2 Å². The molecule has 0 aliphatic carbocycles. The number of amides is 1. The van der Waals surface area contributed by atoms with Gasteiger partial charge >= 0.3 is 5.97 Å². The lowest BCUT2D eigenvalue weighted by Crippen LogP contribution is -2.18. The number of carbonyl (C=O) groups is 2. The molecule has 1 rings (SSSR count). The number of anilines is 1. The van der Waals surface area contributed by atoms with Crippen LogP contribution >= 0.6 is 11.3 Å². The van der Waals surface area contributed by atoms with Crippen LogP contribution in [0.5, 0.6) is 0 Å². The number of ether oxygens (including phenoxy) is 1. The lowest BCUT2D eigenvalue weighted by molar-refractivity contribution is -0.119. The predicted molar refractivity (Wildman–Crippen MR) is 65.9 cm³/mol. The maximum absolute atomic E-state index is 11.4. The van der Waals surface area contributed by atoms with Crippen LogP contribution in [0.3, 0.4) is 0 Å². The molecule has 6 heteroatoms. The Morgan fingerprint density at radius 2 is 2.12 bits per heavy atom. The van der Waals surface area contributed by atoms with Crippen molar-refractivity contribution in [2.75, 3.05) is 19.0 Å². The van der Waals surface area contributed by atoms with Crippen LogP contribution < -0.4 is 5.32 Å². The third-order valence-corrected chi connectivity index (χ3v) is 3.37. The summed E-state index contributed by atoms with van der Waals surface area (Å²) in [5, 5.41) is 12.1. The first-order valence-corrected chi connectivity index (χ1v) is 5.97. The Balaban J connectivity index is 3.07. The first kappa shape index (κ1) is 13.7. The van der Waals surface area contributed by atoms with Crippen molar-refractivity contribution in [3.05, 3.63) is 16.0 Å². The Morgan fingerprint density at radius 1 is 1.47 bits per heavy atom. The average Bonchev–Trinajstić information content (AvgIpc) is 2.54. The van der Waals surface area contributed by atoms with E-state index in [9.17, 15) is 9.59 Å². The normalized spacial score (nSPS) is 10.3. The van der Waals surface area contributed by atoms with Gasteiger partial charge in [0.25, 0.3) is 5.91 Å². The highest BCUT2D eigenvalue weighted by atomic mass is 32.1. The van der Waals surface area contributed by atoms with Gasteiger partial charge in [-0.05, 0) is 18.9 Å². The summed E-state index contributed by atoms with van der Waals surface area (Å²) in [5.41, 5.74) is 0.967. The summed E-state index contributed by atoms with van der Waals surface area (Å²) in [6.07, 6.45) is 0.629. The molecule has 0 aromatic carbocycles. The van der Waals surface area contributed by atoms with Gasteiger partial charge in [-0.3, -0.25) is 4.79 Å². The summed E-state index contributed by atoms with van der Waals surface area (Å²) in [6, 6.07) is 0. The smallest absolute Gasteiger partial charge is 0.339 e. The minimum Gasteiger partial charge on any atom is -0.478 e. The van der Waals surface area contributed by atoms with Crippen LogP contribution in [0.25, 0.3) is 0 Å². The van der Waals surface area contributed by atoms with Crippen molar-refractivity contribution in [2.24, 2.45) is 0 Å². The molecule has 0 saturated carbocycles. The van der Waals surface area contributed by atoms with Gasteiger partial charge in [0.1, 0.15) is 11.6 Å². The van der Waals surface area contributed by atoms with Crippen LogP contribution in [-0.2, 0) is 16.0 Å². The standard InChI is InChI=1S/C11H15NO4S/c1-4-7-6(2)17-10(9(7)11(14)15)12-8(13)5-16-3/h4-5H2,1-3H3,(H,12,13)(H,14,15). The molecule has 0 aliphatic rings. The fraction of sp³-hybridized carbons (Fsp3) is 0.455. The number of hydrogen-bond acceptors (Lipinski definition) is 4. The van der Waals surface area contributed by atoms with E-state index in [-0.39, 0.29) is 18.1 Å². The predicted octanol–water partition coefficient (Wildman–Crippen LogP) is 1.90. The van der Waals surface area contributed by atoms with E-state index in [0.29, 0.717) is 11.4 Å². The van der Waals surface area contributed by atoms with E-state index < -0.39 is 5.97 Å². The highest BCUT2D eigenvalue weighted by Gasteiger charge is 2.21. The topological polar surface area (TPSA) is 75.6 Å². The number of carboxylic acids is 1. The number of nitrogens with one attached hydrogen (secondary N) is 1. The number of hydrogen-bond donors (Lipinski definition) is 2. The van der Waals surface area contributed by atoms with Crippen molar-refractivity contribution in [1.29, 1.82) is 0 Å². The monoisotopic (exact) mass is 257 g/mol. The lowest BCUT2D eigenvalue weighted by Gasteiger charge is -2.04. The Hall–Kier alpha value is -1.40. The number of carboxylic acid groups (broad SMARTS) is 1. The van der Waals surface area contributed by atoms with Crippen molar-refractivity contribution in [2.45, 2.75) is 20.3 Å². The van der Waals surface area contributed by atoms with Crippen LogP contribution in [0.1, 0.15) is 27.7 Å². The summed E-state index contributed by atoms with van der Waals surface area (Å²) >= 11 is 1.28. The van der Waals surface area contributed by atoms with Crippen molar-refractivity contribution in [3.63, 3.8) is 0 Å². The van der Waals surface area contributed by atoms with E-state index in [2.05, 4.69) is 10.1 Å². The molecule has 0 saturated heterocycles. The third kappa shape index (κ3) is 3.04. The van der Waals surface area contributed by atoms with Gasteiger partial charge in [0, 0.05) is 12.0 Å². The minimum atomic E-state index is -1.01. The van der Waals surface area contributed by atoms with Crippen molar-refractivity contribution in [1.82, 2.24) is 0 Å². The zero-order valence-corrected chi connectivity index (χ0v) is 10.8. The Labute approximate surface area is 103 Å². The molecular formula is C11H15NO4S. The highest BCUT2D eigenvalue weighted by molar-refractivity contribution is 7.16. The van der Waals surface area contributed by atoms with E-state index in [1.807, 2.05) is 13.8 Å². The largest absolute Gasteiger partial charge is 0.478 e. The van der Waals surface area contributed by atoms with Gasteiger partial charge < -0.3 is 15.2 Å². The molecule has 0 aliphatic heterocycles. The first-order valence-electron chi connectivity index (χ1n) is 5.15. The molecule has 0 unspecified atom stereocenters. The second-order valence-electron chi connectivity index (χ2n) is 3.48. The summed E-state index contributed by atoms with van der Waals surface area (Å²) in [7, 11) is 1.41. The molecule has 1 amide bonds. The highest BCUT2D eigenvalue weighted by Crippen LogP contribution is 2.33. The maximum Gasteiger partial charge on any atom is 0.339 e. The van der Waals surface area contributed by atoms with Gasteiger partial charge in [-0.1, -0.05) is 6.92 Å². The summed E-state index contributed by atoms with van der Waals surface area (Å²) < 4.78 is 4.68. The van der Waals surface area contributed by atoms with Gasteiger partial charge in [-0.2, -0.15) is 0 Å². The summed E-state index contributed by atoms with van der Waals surface area (Å²) in [6.45, 7) is 3.65. The van der Waals surface area contributed by atoms with Crippen LogP contribution in [0.4, 0.5) is 5.00 Å². The SMILES string of the molecule is CCc1c(C)sc(NC(=O)COC)c1C(=O)O. The molecule has 1 heterocycles. The molecule has 1 aromatic heterocycles. The Kier molecular flexibility index (Phi) is 4.65. The van der Waals surface area contributed by atoms with E-state index in [1.165, 1.54) is 18.4 Å². The van der Waals surface area contributed by atoms with Crippen LogP contribution in [-0.4, -0.2) is 30.7 Å². The second kappa shape index (κ2) is 5.79. The van der Waals surface area contributed by atoms with E-state index >= 15 is 0 Å². The number of aryl methyl sites for hydroxylation is 1. The number of thiophene rings is 1. The molecule has 0 radical (unpaired) electrons.